The van der Waals surface area contributed by atoms with Crippen molar-refractivity contribution in [1.29, 1.82) is 0 Å². The van der Waals surface area contributed by atoms with Gasteiger partial charge in [-0.2, -0.15) is 0 Å². The molecule has 0 aromatic heterocycles. The maximum atomic E-state index is 2.42. The van der Waals surface area contributed by atoms with E-state index in [1.54, 1.807) is 0 Å². The molecular formula is C30H21As. The van der Waals surface area contributed by atoms with Crippen LogP contribution in [0.3, 0.4) is 0 Å². The van der Waals surface area contributed by atoms with Crippen molar-refractivity contribution in [2.45, 2.75) is 0 Å². The fraction of sp³-hybridized carbons (Fsp3) is 0. The summed E-state index contributed by atoms with van der Waals surface area (Å²) in [5, 5.41) is 7.87. The van der Waals surface area contributed by atoms with Gasteiger partial charge in [0.25, 0.3) is 0 Å². The van der Waals surface area contributed by atoms with Gasteiger partial charge in [-0.1, -0.05) is 0 Å². The Morgan fingerprint density at radius 1 is 0.290 bits per heavy atom. The first-order chi connectivity index (χ1) is 15.3. The zero-order valence-corrected chi connectivity index (χ0v) is 18.9. The SMILES string of the molecule is c1ccc2cc([As](c3ccc4ccccc4c3)c3ccc4ccccc4c3)ccc2c1. The van der Waals surface area contributed by atoms with Crippen LogP contribution in [0.4, 0.5) is 0 Å². The first kappa shape index (κ1) is 18.4. The van der Waals surface area contributed by atoms with Gasteiger partial charge in [-0.25, -0.2) is 0 Å². The quantitative estimate of drug-likeness (QED) is 0.302. The number of hydrogen-bond acceptors (Lipinski definition) is 0. The summed E-state index contributed by atoms with van der Waals surface area (Å²) in [6.07, 6.45) is 0. The van der Waals surface area contributed by atoms with E-state index in [0.29, 0.717) is 0 Å². The second-order valence-corrected chi connectivity index (χ2v) is 12.6. The molecule has 6 aromatic rings. The topological polar surface area (TPSA) is 0 Å². The predicted octanol–water partition coefficient (Wildman–Crippen LogP) is 5.66. The van der Waals surface area contributed by atoms with E-state index < -0.39 is 14.7 Å². The van der Waals surface area contributed by atoms with Crippen LogP contribution in [-0.4, -0.2) is 14.7 Å². The molecule has 0 aliphatic carbocycles. The van der Waals surface area contributed by atoms with Crippen molar-refractivity contribution in [3.63, 3.8) is 0 Å². The van der Waals surface area contributed by atoms with Gasteiger partial charge in [-0.05, 0) is 0 Å². The van der Waals surface area contributed by atoms with Crippen LogP contribution in [0.2, 0.25) is 0 Å². The molecule has 1 heteroatoms. The molecule has 0 aliphatic heterocycles. The minimum absolute atomic E-state index is 1.30. The van der Waals surface area contributed by atoms with Crippen molar-refractivity contribution in [2.75, 3.05) is 0 Å². The Morgan fingerprint density at radius 2 is 0.581 bits per heavy atom. The van der Waals surface area contributed by atoms with E-state index >= 15 is 0 Å². The molecule has 31 heavy (non-hydrogen) atoms. The first-order valence-electron chi connectivity index (χ1n) is 10.6. The summed E-state index contributed by atoms with van der Waals surface area (Å²) in [7, 11) is 0. The van der Waals surface area contributed by atoms with Gasteiger partial charge in [0.2, 0.25) is 0 Å². The molecule has 0 heterocycles. The molecule has 0 N–H and O–H groups in total. The molecule has 146 valence electrons. The van der Waals surface area contributed by atoms with Crippen molar-refractivity contribution < 1.29 is 0 Å². The fourth-order valence-electron chi connectivity index (χ4n) is 4.39. The average molecular weight is 456 g/mol. The fourth-order valence-corrected chi connectivity index (χ4v) is 9.37. The van der Waals surface area contributed by atoms with Gasteiger partial charge in [0, 0.05) is 0 Å². The van der Waals surface area contributed by atoms with Gasteiger partial charge in [0.05, 0.1) is 0 Å². The van der Waals surface area contributed by atoms with Gasteiger partial charge in [-0.3, -0.25) is 0 Å². The van der Waals surface area contributed by atoms with Gasteiger partial charge < -0.3 is 0 Å². The Kier molecular flexibility index (Phi) is 4.59. The van der Waals surface area contributed by atoms with Gasteiger partial charge in [0.15, 0.2) is 0 Å². The van der Waals surface area contributed by atoms with E-state index in [4.69, 9.17) is 0 Å². The van der Waals surface area contributed by atoms with Crippen LogP contribution in [0, 0.1) is 0 Å². The Morgan fingerprint density at radius 3 is 0.903 bits per heavy atom. The van der Waals surface area contributed by atoms with Crippen molar-refractivity contribution >= 4 is 60.0 Å². The molecule has 0 amide bonds. The van der Waals surface area contributed by atoms with Crippen molar-refractivity contribution in [3.05, 3.63) is 127 Å². The molecule has 0 fully saturated rings. The third-order valence-corrected chi connectivity index (χ3v) is 11.0. The molecule has 0 unspecified atom stereocenters. The first-order valence-corrected chi connectivity index (χ1v) is 13.4. The van der Waals surface area contributed by atoms with E-state index in [1.807, 2.05) is 0 Å². The zero-order valence-electron chi connectivity index (χ0n) is 17.1. The summed E-state index contributed by atoms with van der Waals surface area (Å²) in [5.74, 6) is 0. The Balaban J connectivity index is 1.59. The summed E-state index contributed by atoms with van der Waals surface area (Å²) in [4.78, 5) is 0. The van der Waals surface area contributed by atoms with Gasteiger partial charge in [0.1, 0.15) is 0 Å². The molecule has 0 saturated heterocycles. The van der Waals surface area contributed by atoms with E-state index in [2.05, 4.69) is 127 Å². The van der Waals surface area contributed by atoms with E-state index in [1.165, 1.54) is 45.4 Å². The van der Waals surface area contributed by atoms with Crippen LogP contribution < -0.4 is 13.1 Å². The molecular weight excluding hydrogens is 435 g/mol. The molecule has 0 atom stereocenters. The van der Waals surface area contributed by atoms with Crippen LogP contribution in [0.5, 0.6) is 0 Å². The summed E-state index contributed by atoms with van der Waals surface area (Å²) in [5.41, 5.74) is 0. The Labute approximate surface area is 187 Å². The molecule has 0 nitrogen and oxygen atoms in total. The Hall–Kier alpha value is -3.34. The molecule has 0 aliphatic rings. The number of fused-ring (bicyclic) bond motifs is 3. The van der Waals surface area contributed by atoms with Crippen molar-refractivity contribution in [1.82, 2.24) is 0 Å². The second-order valence-electron chi connectivity index (χ2n) is 7.93. The maximum absolute atomic E-state index is 2.42. The summed E-state index contributed by atoms with van der Waals surface area (Å²) in [6.45, 7) is 0. The van der Waals surface area contributed by atoms with E-state index in [-0.39, 0.29) is 0 Å². The molecule has 0 radical (unpaired) electrons. The third-order valence-electron chi connectivity index (χ3n) is 5.97. The number of hydrogen-bond donors (Lipinski definition) is 0. The summed E-state index contributed by atoms with van der Waals surface area (Å²) >= 11 is -1.72. The molecule has 0 bridgehead atoms. The van der Waals surface area contributed by atoms with Crippen LogP contribution in [0.1, 0.15) is 0 Å². The van der Waals surface area contributed by atoms with Gasteiger partial charge >= 0.3 is 187 Å². The van der Waals surface area contributed by atoms with Crippen molar-refractivity contribution in [2.24, 2.45) is 0 Å². The van der Waals surface area contributed by atoms with Crippen LogP contribution >= 0.6 is 0 Å². The minimum atomic E-state index is -1.72. The molecule has 6 aromatic carbocycles. The average Bonchev–Trinajstić information content (AvgIpc) is 2.84. The normalized spacial score (nSPS) is 11.5. The van der Waals surface area contributed by atoms with Crippen LogP contribution in [0.25, 0.3) is 32.3 Å². The van der Waals surface area contributed by atoms with E-state index in [9.17, 15) is 0 Å². The molecule has 6 rings (SSSR count). The predicted molar refractivity (Wildman–Crippen MR) is 136 cm³/mol. The summed E-state index contributed by atoms with van der Waals surface area (Å²) in [6, 6.07) is 47.2. The van der Waals surface area contributed by atoms with E-state index in [0.717, 1.165) is 0 Å². The Bertz CT molecular complexity index is 1360. The standard InChI is InChI=1S/C30H21As/c1-4-10-25-19-28(16-13-22(25)7-1)31(29-17-14-23-8-2-5-11-26(23)20-29)30-18-15-24-9-3-6-12-27(24)21-30/h1-21H. The monoisotopic (exact) mass is 456 g/mol. The molecule has 0 spiro atoms. The second kappa shape index (κ2) is 7.73. The van der Waals surface area contributed by atoms with Crippen LogP contribution in [-0.2, 0) is 0 Å². The number of benzene rings is 6. The van der Waals surface area contributed by atoms with Crippen LogP contribution in [0.15, 0.2) is 127 Å². The number of rotatable bonds is 3. The van der Waals surface area contributed by atoms with Gasteiger partial charge in [-0.15, -0.1) is 0 Å². The zero-order chi connectivity index (χ0) is 20.6. The van der Waals surface area contributed by atoms with Crippen molar-refractivity contribution in [3.8, 4) is 0 Å². The third kappa shape index (κ3) is 3.44. The summed E-state index contributed by atoms with van der Waals surface area (Å²) < 4.78 is 4.41. The molecule has 0 saturated carbocycles.